The minimum atomic E-state index is -0.583. The van der Waals surface area contributed by atoms with Gasteiger partial charge in [0.2, 0.25) is 11.9 Å². The van der Waals surface area contributed by atoms with Crippen molar-refractivity contribution in [2.75, 3.05) is 36.5 Å². The minimum absolute atomic E-state index is 0.0843. The highest BCUT2D eigenvalue weighted by atomic mass is 35.5. The third-order valence-corrected chi connectivity index (χ3v) is 6.29. The summed E-state index contributed by atoms with van der Waals surface area (Å²) in [6, 6.07) is 12.2. The number of halogens is 2. The van der Waals surface area contributed by atoms with Crippen LogP contribution in [0, 0.1) is 12.7 Å². The third kappa shape index (κ3) is 5.06. The van der Waals surface area contributed by atoms with Crippen LogP contribution in [0.25, 0.3) is 5.69 Å². The second-order valence-corrected chi connectivity index (χ2v) is 9.17. The van der Waals surface area contributed by atoms with Gasteiger partial charge in [0, 0.05) is 18.1 Å². The molecule has 7 nitrogen and oxygen atoms in total. The average Bonchev–Trinajstić information content (AvgIpc) is 3.19. The van der Waals surface area contributed by atoms with E-state index >= 15 is 0 Å². The molecule has 1 aromatic heterocycles. The summed E-state index contributed by atoms with van der Waals surface area (Å²) in [6.07, 6.45) is 0. The molecule has 0 bridgehead atoms. The van der Waals surface area contributed by atoms with Gasteiger partial charge in [0.05, 0.1) is 29.8 Å². The van der Waals surface area contributed by atoms with Crippen molar-refractivity contribution in [2.24, 2.45) is 0 Å². The largest absolute Gasteiger partial charge is 0.378 e. The van der Waals surface area contributed by atoms with Crippen molar-refractivity contribution in [2.45, 2.75) is 24.3 Å². The highest BCUT2D eigenvalue weighted by molar-refractivity contribution is 8.00. The van der Waals surface area contributed by atoms with Crippen molar-refractivity contribution in [3.8, 4) is 5.69 Å². The first kappa shape index (κ1) is 22.6. The third-order valence-electron chi connectivity index (χ3n) is 5.01. The molecule has 0 radical (unpaired) electrons. The number of ether oxygens (including phenoxy) is 1. The van der Waals surface area contributed by atoms with Gasteiger partial charge >= 0.3 is 0 Å². The number of hydrogen-bond acceptors (Lipinski definition) is 6. The number of benzene rings is 2. The Morgan fingerprint density at radius 2 is 2.00 bits per heavy atom. The van der Waals surface area contributed by atoms with Gasteiger partial charge in [0.25, 0.3) is 0 Å². The van der Waals surface area contributed by atoms with Crippen molar-refractivity contribution in [1.82, 2.24) is 14.8 Å². The van der Waals surface area contributed by atoms with Crippen LogP contribution in [0.3, 0.4) is 0 Å². The lowest BCUT2D eigenvalue weighted by molar-refractivity contribution is -0.115. The lowest BCUT2D eigenvalue weighted by atomic mass is 10.2. The van der Waals surface area contributed by atoms with Gasteiger partial charge in [-0.2, -0.15) is 0 Å². The summed E-state index contributed by atoms with van der Waals surface area (Å²) in [6.45, 7) is 6.42. The molecule has 1 saturated heterocycles. The van der Waals surface area contributed by atoms with E-state index in [-0.39, 0.29) is 16.6 Å². The highest BCUT2D eigenvalue weighted by Crippen LogP contribution is 2.30. The summed E-state index contributed by atoms with van der Waals surface area (Å²) in [4.78, 5) is 14.9. The average molecular weight is 476 g/mol. The van der Waals surface area contributed by atoms with Crippen LogP contribution in [0.2, 0.25) is 5.02 Å². The lowest BCUT2D eigenvalue weighted by Gasteiger charge is -2.28. The Morgan fingerprint density at radius 3 is 2.72 bits per heavy atom. The quantitative estimate of drug-likeness (QED) is 0.535. The number of rotatable bonds is 6. The standard InChI is InChI=1S/C22H23ClFN5O2S/c1-14-4-3-5-17(12-14)29-21(28-8-10-31-11-9-28)26-27-22(29)32-15(2)20(30)25-19-7-6-16(23)13-18(19)24/h3-7,12-13,15H,8-11H2,1-2H3,(H,25,30). The van der Waals surface area contributed by atoms with Gasteiger partial charge in [-0.1, -0.05) is 35.5 Å². The van der Waals surface area contributed by atoms with Crippen LogP contribution in [0.15, 0.2) is 47.6 Å². The van der Waals surface area contributed by atoms with Gasteiger partial charge in [0.1, 0.15) is 5.82 Å². The van der Waals surface area contributed by atoms with Crippen molar-refractivity contribution in [3.05, 3.63) is 58.9 Å². The highest BCUT2D eigenvalue weighted by Gasteiger charge is 2.25. The van der Waals surface area contributed by atoms with E-state index in [1.165, 1.54) is 23.9 Å². The molecule has 3 aromatic rings. The molecule has 0 spiro atoms. The molecule has 1 unspecified atom stereocenters. The Balaban J connectivity index is 1.59. The van der Waals surface area contributed by atoms with Crippen LogP contribution in [-0.4, -0.2) is 52.2 Å². The van der Waals surface area contributed by atoms with E-state index in [1.807, 2.05) is 35.8 Å². The topological polar surface area (TPSA) is 72.3 Å². The van der Waals surface area contributed by atoms with Crippen LogP contribution in [0.5, 0.6) is 0 Å². The molecular weight excluding hydrogens is 453 g/mol. The Morgan fingerprint density at radius 1 is 1.22 bits per heavy atom. The van der Waals surface area contributed by atoms with E-state index in [0.29, 0.717) is 37.4 Å². The molecule has 4 rings (SSSR count). The van der Waals surface area contributed by atoms with E-state index in [4.69, 9.17) is 16.3 Å². The summed E-state index contributed by atoms with van der Waals surface area (Å²) in [5.74, 6) is -0.221. The van der Waals surface area contributed by atoms with E-state index in [0.717, 1.165) is 17.3 Å². The molecule has 1 atom stereocenters. The first-order valence-electron chi connectivity index (χ1n) is 10.2. The number of amides is 1. The lowest BCUT2D eigenvalue weighted by Crippen LogP contribution is -2.38. The van der Waals surface area contributed by atoms with Gasteiger partial charge in [0.15, 0.2) is 5.16 Å². The first-order valence-corrected chi connectivity index (χ1v) is 11.5. The normalized spacial score (nSPS) is 14.9. The zero-order valence-corrected chi connectivity index (χ0v) is 19.3. The van der Waals surface area contributed by atoms with E-state index < -0.39 is 11.1 Å². The van der Waals surface area contributed by atoms with Crippen molar-refractivity contribution in [3.63, 3.8) is 0 Å². The molecule has 2 heterocycles. The molecule has 0 aliphatic carbocycles. The predicted molar refractivity (Wildman–Crippen MR) is 124 cm³/mol. The molecule has 10 heteroatoms. The molecule has 1 amide bonds. The fourth-order valence-electron chi connectivity index (χ4n) is 3.34. The maximum Gasteiger partial charge on any atom is 0.237 e. The summed E-state index contributed by atoms with van der Waals surface area (Å²) < 4.78 is 21.5. The van der Waals surface area contributed by atoms with E-state index in [9.17, 15) is 9.18 Å². The minimum Gasteiger partial charge on any atom is -0.378 e. The number of nitrogens with one attached hydrogen (secondary N) is 1. The maximum absolute atomic E-state index is 14.1. The Hall–Kier alpha value is -2.62. The molecule has 0 saturated carbocycles. The first-order chi connectivity index (χ1) is 15.4. The zero-order chi connectivity index (χ0) is 22.7. The summed E-state index contributed by atoms with van der Waals surface area (Å²) in [5.41, 5.74) is 2.10. The molecule has 1 N–H and O–H groups in total. The second kappa shape index (κ2) is 9.89. The number of hydrogen-bond donors (Lipinski definition) is 1. The summed E-state index contributed by atoms with van der Waals surface area (Å²) in [7, 11) is 0. The van der Waals surface area contributed by atoms with Crippen LogP contribution in [-0.2, 0) is 9.53 Å². The van der Waals surface area contributed by atoms with Crippen LogP contribution in [0.4, 0.5) is 16.0 Å². The van der Waals surface area contributed by atoms with Crippen molar-refractivity contribution >= 4 is 40.9 Å². The summed E-state index contributed by atoms with van der Waals surface area (Å²) in [5, 5.41) is 11.7. The van der Waals surface area contributed by atoms with Gasteiger partial charge < -0.3 is 15.0 Å². The number of aryl methyl sites for hydroxylation is 1. The number of thioether (sulfide) groups is 1. The van der Waals surface area contributed by atoms with Gasteiger partial charge in [-0.25, -0.2) is 4.39 Å². The molecular formula is C22H23ClFN5O2S. The molecule has 1 fully saturated rings. The van der Waals surface area contributed by atoms with Gasteiger partial charge in [-0.05, 0) is 49.7 Å². The number of morpholine rings is 1. The van der Waals surface area contributed by atoms with Gasteiger partial charge in [-0.15, -0.1) is 10.2 Å². The number of carbonyl (C=O) groups is 1. The van der Waals surface area contributed by atoms with E-state index in [1.54, 1.807) is 6.92 Å². The summed E-state index contributed by atoms with van der Waals surface area (Å²) >= 11 is 7.05. The fourth-order valence-corrected chi connectivity index (χ4v) is 4.36. The van der Waals surface area contributed by atoms with Gasteiger partial charge in [-0.3, -0.25) is 9.36 Å². The van der Waals surface area contributed by atoms with E-state index in [2.05, 4.69) is 20.4 Å². The maximum atomic E-state index is 14.1. The SMILES string of the molecule is Cc1cccc(-n2c(SC(C)C(=O)Nc3ccc(Cl)cc3F)nnc2N2CCOCC2)c1. The molecule has 2 aromatic carbocycles. The van der Waals surface area contributed by atoms with Crippen LogP contribution >= 0.6 is 23.4 Å². The molecule has 168 valence electrons. The van der Waals surface area contributed by atoms with Crippen molar-refractivity contribution < 1.29 is 13.9 Å². The Kier molecular flexibility index (Phi) is 6.98. The number of aromatic nitrogens is 3. The fraction of sp³-hybridized carbons (Fsp3) is 0.318. The second-order valence-electron chi connectivity index (χ2n) is 7.43. The number of anilines is 2. The zero-order valence-electron chi connectivity index (χ0n) is 17.7. The van der Waals surface area contributed by atoms with Crippen molar-refractivity contribution in [1.29, 1.82) is 0 Å². The predicted octanol–water partition coefficient (Wildman–Crippen LogP) is 4.32. The van der Waals surface area contributed by atoms with Crippen LogP contribution in [0.1, 0.15) is 12.5 Å². The molecule has 32 heavy (non-hydrogen) atoms. The smallest absolute Gasteiger partial charge is 0.237 e. The number of carbonyl (C=O) groups excluding carboxylic acids is 1. The Bertz CT molecular complexity index is 1120. The monoisotopic (exact) mass is 475 g/mol. The molecule has 1 aliphatic rings. The van der Waals surface area contributed by atoms with Crippen LogP contribution < -0.4 is 10.2 Å². The Labute approximate surface area is 194 Å². The number of nitrogens with zero attached hydrogens (tertiary/aromatic N) is 4. The molecule has 1 aliphatic heterocycles.